The molecule has 4 nitrogen and oxygen atoms in total. The van der Waals surface area contributed by atoms with Gasteiger partial charge in [-0.1, -0.05) is 17.3 Å². The van der Waals surface area contributed by atoms with E-state index in [4.69, 9.17) is 9.26 Å². The number of nitrogens with zero attached hydrogens (tertiary/aromatic N) is 1. The molecule has 76 valence electrons. The molecular weight excluding hydrogens is 194 g/mol. The van der Waals surface area contributed by atoms with Crippen molar-refractivity contribution in [2.45, 2.75) is 0 Å². The lowest BCUT2D eigenvalue weighted by atomic mass is 10.1. The largest absolute Gasteiger partial charge is 0.497 e. The van der Waals surface area contributed by atoms with Crippen molar-refractivity contribution in [1.82, 2.24) is 5.16 Å². The molecule has 1 heterocycles. The number of aromatic nitrogens is 1. The first-order valence-electron chi connectivity index (χ1n) is 4.40. The second-order valence-electron chi connectivity index (χ2n) is 2.97. The van der Waals surface area contributed by atoms with Crippen LogP contribution in [0.2, 0.25) is 0 Å². The van der Waals surface area contributed by atoms with Crippen LogP contribution < -0.4 is 4.74 Å². The Morgan fingerprint density at radius 1 is 1.40 bits per heavy atom. The first-order chi connectivity index (χ1) is 7.33. The van der Waals surface area contributed by atoms with E-state index in [9.17, 15) is 4.79 Å². The van der Waals surface area contributed by atoms with Crippen molar-refractivity contribution in [1.29, 1.82) is 0 Å². The van der Waals surface area contributed by atoms with Gasteiger partial charge in [-0.2, -0.15) is 0 Å². The highest BCUT2D eigenvalue weighted by atomic mass is 16.5. The van der Waals surface area contributed by atoms with Gasteiger partial charge in [0.1, 0.15) is 11.4 Å². The smallest absolute Gasteiger partial charge is 0.171 e. The zero-order valence-corrected chi connectivity index (χ0v) is 8.14. The molecule has 0 atom stereocenters. The maximum absolute atomic E-state index is 10.4. The van der Waals surface area contributed by atoms with Crippen molar-refractivity contribution >= 4 is 6.29 Å². The third-order valence-corrected chi connectivity index (χ3v) is 2.00. The molecule has 0 bridgehead atoms. The van der Waals surface area contributed by atoms with Gasteiger partial charge in [0.05, 0.1) is 7.11 Å². The second-order valence-corrected chi connectivity index (χ2v) is 2.97. The van der Waals surface area contributed by atoms with Gasteiger partial charge in [-0.3, -0.25) is 4.79 Å². The number of benzene rings is 1. The quantitative estimate of drug-likeness (QED) is 0.717. The Morgan fingerprint density at radius 2 is 2.27 bits per heavy atom. The van der Waals surface area contributed by atoms with Crippen LogP contribution in [0.4, 0.5) is 0 Å². The van der Waals surface area contributed by atoms with E-state index in [1.807, 2.05) is 24.3 Å². The van der Waals surface area contributed by atoms with E-state index in [2.05, 4.69) is 5.16 Å². The summed E-state index contributed by atoms with van der Waals surface area (Å²) in [4.78, 5) is 10.4. The number of hydrogen-bond donors (Lipinski definition) is 0. The standard InChI is InChI=1S/C11H9NO3/c1-14-10-4-2-3-8(5-10)11-6-9(7-13)12-15-11/h2-7H,1H3. The van der Waals surface area contributed by atoms with E-state index in [1.54, 1.807) is 13.2 Å². The summed E-state index contributed by atoms with van der Waals surface area (Å²) in [5, 5.41) is 3.58. The molecule has 0 saturated heterocycles. The molecule has 0 aliphatic carbocycles. The molecule has 0 fully saturated rings. The Kier molecular flexibility index (Phi) is 2.49. The summed E-state index contributed by atoms with van der Waals surface area (Å²) in [6, 6.07) is 8.94. The summed E-state index contributed by atoms with van der Waals surface area (Å²) in [6.45, 7) is 0. The van der Waals surface area contributed by atoms with Crippen molar-refractivity contribution in [3.63, 3.8) is 0 Å². The van der Waals surface area contributed by atoms with Crippen LogP contribution in [0.15, 0.2) is 34.9 Å². The zero-order valence-electron chi connectivity index (χ0n) is 8.14. The third kappa shape index (κ3) is 1.88. The lowest BCUT2D eigenvalue weighted by molar-refractivity contribution is 0.111. The monoisotopic (exact) mass is 203 g/mol. The third-order valence-electron chi connectivity index (χ3n) is 2.00. The van der Waals surface area contributed by atoms with Gasteiger partial charge in [-0.15, -0.1) is 0 Å². The van der Waals surface area contributed by atoms with Crippen LogP contribution >= 0.6 is 0 Å². The first-order valence-corrected chi connectivity index (χ1v) is 4.40. The summed E-state index contributed by atoms with van der Waals surface area (Å²) in [5.74, 6) is 1.28. The van der Waals surface area contributed by atoms with Crippen LogP contribution in [0.1, 0.15) is 10.5 Å². The summed E-state index contributed by atoms with van der Waals surface area (Å²) in [7, 11) is 1.59. The second kappa shape index (κ2) is 3.96. The summed E-state index contributed by atoms with van der Waals surface area (Å²) >= 11 is 0. The molecule has 2 rings (SSSR count). The molecular formula is C11H9NO3. The van der Waals surface area contributed by atoms with E-state index in [0.717, 1.165) is 11.3 Å². The van der Waals surface area contributed by atoms with Gasteiger partial charge in [0.2, 0.25) is 0 Å². The molecule has 1 aromatic heterocycles. The van der Waals surface area contributed by atoms with E-state index in [1.165, 1.54) is 0 Å². The minimum absolute atomic E-state index is 0.285. The van der Waals surface area contributed by atoms with Gasteiger partial charge >= 0.3 is 0 Å². The first kappa shape index (κ1) is 9.45. The maximum Gasteiger partial charge on any atom is 0.171 e. The highest BCUT2D eigenvalue weighted by Crippen LogP contribution is 2.23. The molecule has 2 aromatic rings. The highest BCUT2D eigenvalue weighted by molar-refractivity contribution is 5.74. The van der Waals surface area contributed by atoms with Crippen LogP contribution in [0.25, 0.3) is 11.3 Å². The van der Waals surface area contributed by atoms with Crippen LogP contribution in [-0.4, -0.2) is 18.6 Å². The van der Waals surface area contributed by atoms with Gasteiger partial charge in [-0.05, 0) is 12.1 Å². The Balaban J connectivity index is 2.39. The normalized spacial score (nSPS) is 9.93. The lowest BCUT2D eigenvalue weighted by Gasteiger charge is -2.00. The highest BCUT2D eigenvalue weighted by Gasteiger charge is 2.06. The molecule has 0 aliphatic rings. The molecule has 4 heteroatoms. The van der Waals surface area contributed by atoms with Gasteiger partial charge in [0.25, 0.3) is 0 Å². The molecule has 0 amide bonds. The van der Waals surface area contributed by atoms with E-state index < -0.39 is 0 Å². The minimum Gasteiger partial charge on any atom is -0.497 e. The van der Waals surface area contributed by atoms with Crippen molar-refractivity contribution < 1.29 is 14.1 Å². The molecule has 0 N–H and O–H groups in total. The van der Waals surface area contributed by atoms with E-state index in [0.29, 0.717) is 12.0 Å². The molecule has 0 radical (unpaired) electrons. The van der Waals surface area contributed by atoms with Crippen molar-refractivity contribution in [3.05, 3.63) is 36.0 Å². The summed E-state index contributed by atoms with van der Waals surface area (Å²) in [6.07, 6.45) is 0.646. The number of carbonyl (C=O) groups excluding carboxylic acids is 1. The van der Waals surface area contributed by atoms with E-state index in [-0.39, 0.29) is 5.69 Å². The average Bonchev–Trinajstić information content (AvgIpc) is 2.78. The predicted molar refractivity (Wildman–Crippen MR) is 53.9 cm³/mol. The SMILES string of the molecule is COc1cccc(-c2cc(C=O)no2)c1. The Labute approximate surface area is 86.5 Å². The van der Waals surface area contributed by atoms with Crippen molar-refractivity contribution in [3.8, 4) is 17.1 Å². The molecule has 1 aromatic carbocycles. The lowest BCUT2D eigenvalue weighted by Crippen LogP contribution is -1.82. The van der Waals surface area contributed by atoms with Crippen LogP contribution in [-0.2, 0) is 0 Å². The summed E-state index contributed by atoms with van der Waals surface area (Å²) in [5.41, 5.74) is 1.11. The average molecular weight is 203 g/mol. The van der Waals surface area contributed by atoms with Gasteiger partial charge in [0, 0.05) is 11.6 Å². The molecule has 0 unspecified atom stereocenters. The van der Waals surface area contributed by atoms with Crippen molar-refractivity contribution in [2.24, 2.45) is 0 Å². The number of rotatable bonds is 3. The maximum atomic E-state index is 10.4. The Morgan fingerprint density at radius 3 is 2.93 bits per heavy atom. The zero-order chi connectivity index (χ0) is 10.7. The topological polar surface area (TPSA) is 52.3 Å². The van der Waals surface area contributed by atoms with Crippen molar-refractivity contribution in [2.75, 3.05) is 7.11 Å². The molecule has 0 saturated carbocycles. The molecule has 15 heavy (non-hydrogen) atoms. The summed E-state index contributed by atoms with van der Waals surface area (Å²) < 4.78 is 10.1. The Hall–Kier alpha value is -2.10. The molecule has 0 spiro atoms. The van der Waals surface area contributed by atoms with E-state index >= 15 is 0 Å². The molecule has 0 aliphatic heterocycles. The number of methoxy groups -OCH3 is 1. The fraction of sp³-hybridized carbons (Fsp3) is 0.0909. The minimum atomic E-state index is 0.285. The number of hydrogen-bond acceptors (Lipinski definition) is 4. The Bertz CT molecular complexity index is 476. The number of aldehydes is 1. The van der Waals surface area contributed by atoms with Crippen LogP contribution in [0, 0.1) is 0 Å². The predicted octanol–water partition coefficient (Wildman–Crippen LogP) is 2.16. The van der Waals surface area contributed by atoms with Gasteiger partial charge in [0.15, 0.2) is 12.0 Å². The fourth-order valence-corrected chi connectivity index (χ4v) is 1.26. The van der Waals surface area contributed by atoms with Gasteiger partial charge in [-0.25, -0.2) is 0 Å². The van der Waals surface area contributed by atoms with Crippen LogP contribution in [0.3, 0.4) is 0 Å². The van der Waals surface area contributed by atoms with Gasteiger partial charge < -0.3 is 9.26 Å². The number of ether oxygens (including phenoxy) is 1. The fourth-order valence-electron chi connectivity index (χ4n) is 1.26. The number of carbonyl (C=O) groups is 1. The van der Waals surface area contributed by atoms with Crippen LogP contribution in [0.5, 0.6) is 5.75 Å².